The summed E-state index contributed by atoms with van der Waals surface area (Å²) in [6.45, 7) is 5.01. The van der Waals surface area contributed by atoms with Crippen LogP contribution in [0, 0.1) is 13.8 Å². The maximum Gasteiger partial charge on any atom is 0.326 e. The van der Waals surface area contributed by atoms with E-state index in [1.807, 2.05) is 11.3 Å². The molecule has 0 spiro atoms. The van der Waals surface area contributed by atoms with Crippen molar-refractivity contribution in [2.75, 3.05) is 7.11 Å². The number of hydrogen-bond donors (Lipinski definition) is 1. The molecule has 0 radical (unpaired) electrons. The molecule has 0 amide bonds. The number of carbonyl (C=O) groups excluding carboxylic acids is 1. The molecule has 1 aromatic rings. The van der Waals surface area contributed by atoms with Gasteiger partial charge in [0.25, 0.3) is 0 Å². The monoisotopic (exact) mass is 267 g/mol. The van der Waals surface area contributed by atoms with E-state index in [1.54, 1.807) is 0 Å². The van der Waals surface area contributed by atoms with Gasteiger partial charge in [-0.2, -0.15) is 0 Å². The fourth-order valence-corrected chi connectivity index (χ4v) is 3.70. The van der Waals surface area contributed by atoms with E-state index < -0.39 is 5.54 Å². The van der Waals surface area contributed by atoms with Crippen molar-refractivity contribution in [2.45, 2.75) is 51.6 Å². The number of methoxy groups -OCH3 is 1. The van der Waals surface area contributed by atoms with Crippen LogP contribution in [0.1, 0.15) is 41.0 Å². The standard InChI is InChI=1S/C14H21NO2S/c1-10-8-12(11(2)18-10)9-15-14(13(16)17-3)6-4-5-7-14/h8,15H,4-7,9H2,1-3H3. The molecule has 1 aliphatic rings. The molecule has 100 valence electrons. The van der Waals surface area contributed by atoms with Crippen molar-refractivity contribution in [2.24, 2.45) is 0 Å². The first-order chi connectivity index (χ1) is 8.57. The fourth-order valence-electron chi connectivity index (χ4n) is 2.75. The van der Waals surface area contributed by atoms with Gasteiger partial charge in [0, 0.05) is 16.3 Å². The second kappa shape index (κ2) is 5.41. The van der Waals surface area contributed by atoms with E-state index in [0.717, 1.165) is 32.2 Å². The highest BCUT2D eigenvalue weighted by molar-refractivity contribution is 7.12. The minimum atomic E-state index is -0.447. The normalized spacial score (nSPS) is 17.9. The SMILES string of the molecule is COC(=O)C1(NCc2cc(C)sc2C)CCCC1. The Morgan fingerprint density at radius 2 is 2.11 bits per heavy atom. The molecule has 1 saturated carbocycles. The Morgan fingerprint density at radius 1 is 1.44 bits per heavy atom. The summed E-state index contributed by atoms with van der Waals surface area (Å²) in [4.78, 5) is 14.6. The average Bonchev–Trinajstić information content (AvgIpc) is 2.93. The third kappa shape index (κ3) is 2.59. The first-order valence-corrected chi connectivity index (χ1v) is 7.28. The number of carbonyl (C=O) groups is 1. The summed E-state index contributed by atoms with van der Waals surface area (Å²) in [5, 5.41) is 3.45. The highest BCUT2D eigenvalue weighted by Crippen LogP contribution is 2.31. The molecule has 0 atom stereocenters. The minimum absolute atomic E-state index is 0.107. The molecule has 1 N–H and O–H groups in total. The molecular weight excluding hydrogens is 246 g/mol. The second-order valence-electron chi connectivity index (χ2n) is 5.07. The third-order valence-electron chi connectivity index (χ3n) is 3.79. The molecule has 0 aliphatic heterocycles. The number of esters is 1. The van der Waals surface area contributed by atoms with Crippen molar-refractivity contribution in [3.05, 3.63) is 21.4 Å². The molecule has 3 nitrogen and oxygen atoms in total. The number of ether oxygens (including phenoxy) is 1. The van der Waals surface area contributed by atoms with Crippen LogP contribution in [0.5, 0.6) is 0 Å². The van der Waals surface area contributed by atoms with Gasteiger partial charge >= 0.3 is 5.97 Å². The summed E-state index contributed by atoms with van der Waals surface area (Å²) < 4.78 is 4.96. The van der Waals surface area contributed by atoms with E-state index in [-0.39, 0.29) is 5.97 Å². The molecule has 1 aliphatic carbocycles. The zero-order valence-corrected chi connectivity index (χ0v) is 12.2. The van der Waals surface area contributed by atoms with Gasteiger partial charge in [-0.1, -0.05) is 12.8 Å². The largest absolute Gasteiger partial charge is 0.468 e. The van der Waals surface area contributed by atoms with Crippen molar-refractivity contribution in [3.8, 4) is 0 Å². The zero-order valence-electron chi connectivity index (χ0n) is 11.3. The van der Waals surface area contributed by atoms with Crippen molar-refractivity contribution < 1.29 is 9.53 Å². The molecule has 1 aromatic heterocycles. The summed E-state index contributed by atoms with van der Waals surface area (Å²) in [6.07, 6.45) is 3.98. The molecule has 0 bridgehead atoms. The highest BCUT2D eigenvalue weighted by atomic mass is 32.1. The smallest absolute Gasteiger partial charge is 0.326 e. The van der Waals surface area contributed by atoms with Crippen molar-refractivity contribution in [1.82, 2.24) is 5.32 Å². The Bertz CT molecular complexity index is 433. The van der Waals surface area contributed by atoms with E-state index in [0.29, 0.717) is 0 Å². The van der Waals surface area contributed by atoms with Crippen LogP contribution in [-0.4, -0.2) is 18.6 Å². The van der Waals surface area contributed by atoms with Crippen LogP contribution in [0.15, 0.2) is 6.07 Å². The van der Waals surface area contributed by atoms with E-state index in [1.165, 1.54) is 22.4 Å². The van der Waals surface area contributed by atoms with Crippen molar-refractivity contribution >= 4 is 17.3 Å². The van der Waals surface area contributed by atoms with Crippen LogP contribution in [0.3, 0.4) is 0 Å². The van der Waals surface area contributed by atoms with Crippen molar-refractivity contribution in [3.63, 3.8) is 0 Å². The third-order valence-corrected chi connectivity index (χ3v) is 4.80. The van der Waals surface area contributed by atoms with E-state index >= 15 is 0 Å². The quantitative estimate of drug-likeness (QED) is 0.852. The Labute approximate surface area is 113 Å². The topological polar surface area (TPSA) is 38.3 Å². The lowest BCUT2D eigenvalue weighted by atomic mass is 9.97. The van der Waals surface area contributed by atoms with Gasteiger partial charge in [0.05, 0.1) is 7.11 Å². The maximum atomic E-state index is 12.0. The van der Waals surface area contributed by atoms with Gasteiger partial charge in [-0.25, -0.2) is 0 Å². The number of aryl methyl sites for hydroxylation is 2. The number of thiophene rings is 1. The first kappa shape index (κ1) is 13.6. The van der Waals surface area contributed by atoms with E-state index in [2.05, 4.69) is 25.2 Å². The Morgan fingerprint density at radius 3 is 2.61 bits per heavy atom. The summed E-state index contributed by atoms with van der Waals surface area (Å²) in [5.41, 5.74) is 0.851. The van der Waals surface area contributed by atoms with Gasteiger partial charge in [-0.05, 0) is 38.3 Å². The predicted molar refractivity (Wildman–Crippen MR) is 73.8 cm³/mol. The average molecular weight is 267 g/mol. The van der Waals surface area contributed by atoms with E-state index in [4.69, 9.17) is 4.74 Å². The Kier molecular flexibility index (Phi) is 4.07. The molecule has 1 fully saturated rings. The van der Waals surface area contributed by atoms with Gasteiger partial charge in [0.2, 0.25) is 0 Å². The molecule has 0 saturated heterocycles. The van der Waals surface area contributed by atoms with E-state index in [9.17, 15) is 4.79 Å². The first-order valence-electron chi connectivity index (χ1n) is 6.47. The molecule has 4 heteroatoms. The van der Waals surface area contributed by atoms with Crippen LogP contribution in [-0.2, 0) is 16.1 Å². The number of hydrogen-bond acceptors (Lipinski definition) is 4. The number of rotatable bonds is 4. The maximum absolute atomic E-state index is 12.0. The Hall–Kier alpha value is -0.870. The lowest BCUT2D eigenvalue weighted by molar-refractivity contribution is -0.148. The zero-order chi connectivity index (χ0) is 13.2. The highest BCUT2D eigenvalue weighted by Gasteiger charge is 2.41. The molecule has 0 aromatic carbocycles. The van der Waals surface area contributed by atoms with Gasteiger partial charge in [-0.15, -0.1) is 11.3 Å². The summed E-state index contributed by atoms with van der Waals surface area (Å²) in [7, 11) is 1.48. The fraction of sp³-hybridized carbons (Fsp3) is 0.643. The summed E-state index contributed by atoms with van der Waals surface area (Å²) in [6, 6.07) is 2.20. The van der Waals surface area contributed by atoms with Crippen molar-refractivity contribution in [1.29, 1.82) is 0 Å². The van der Waals surface area contributed by atoms with Gasteiger partial charge in [0.1, 0.15) is 5.54 Å². The molecule has 18 heavy (non-hydrogen) atoms. The van der Waals surface area contributed by atoms with Crippen LogP contribution >= 0.6 is 11.3 Å². The van der Waals surface area contributed by atoms with Crippen LogP contribution in [0.2, 0.25) is 0 Å². The number of nitrogens with one attached hydrogen (secondary N) is 1. The molecule has 2 rings (SSSR count). The summed E-state index contributed by atoms with van der Waals surface area (Å²) in [5.74, 6) is -0.107. The molecular formula is C14H21NO2S. The lowest BCUT2D eigenvalue weighted by Gasteiger charge is -2.27. The summed E-state index contributed by atoms with van der Waals surface area (Å²) >= 11 is 1.81. The van der Waals surface area contributed by atoms with Crippen LogP contribution in [0.4, 0.5) is 0 Å². The predicted octanol–water partition coefficient (Wildman–Crippen LogP) is 2.94. The molecule has 1 heterocycles. The van der Waals surface area contributed by atoms with Crippen LogP contribution in [0.25, 0.3) is 0 Å². The Balaban J connectivity index is 2.07. The molecule has 0 unspecified atom stereocenters. The van der Waals surface area contributed by atoms with Gasteiger partial charge in [0.15, 0.2) is 0 Å². The van der Waals surface area contributed by atoms with Crippen LogP contribution < -0.4 is 5.32 Å². The lowest BCUT2D eigenvalue weighted by Crippen LogP contribution is -2.50. The van der Waals surface area contributed by atoms with Gasteiger partial charge < -0.3 is 4.74 Å². The van der Waals surface area contributed by atoms with Gasteiger partial charge in [-0.3, -0.25) is 10.1 Å². The second-order valence-corrected chi connectivity index (χ2v) is 6.53. The minimum Gasteiger partial charge on any atom is -0.468 e.